The van der Waals surface area contributed by atoms with Crippen molar-refractivity contribution in [1.82, 2.24) is 9.29 Å². The van der Waals surface area contributed by atoms with Gasteiger partial charge in [0.2, 0.25) is 10.0 Å². The molecule has 1 aliphatic rings. The first-order valence-electron chi connectivity index (χ1n) is 8.63. The Balaban J connectivity index is 1.66. The summed E-state index contributed by atoms with van der Waals surface area (Å²) in [4.78, 5) is 4.21. The molecule has 1 aromatic carbocycles. The molecule has 1 aliphatic heterocycles. The Labute approximate surface area is 156 Å². The summed E-state index contributed by atoms with van der Waals surface area (Å²) in [6.07, 6.45) is -0.383. The maximum absolute atomic E-state index is 12.7. The first kappa shape index (κ1) is 19.6. The van der Waals surface area contributed by atoms with Crippen molar-refractivity contribution < 1.29 is 21.6 Å². The Morgan fingerprint density at radius 1 is 1.07 bits per heavy atom. The fourth-order valence-electron chi connectivity index (χ4n) is 2.94. The molecule has 0 unspecified atom stereocenters. The Bertz CT molecular complexity index is 877. The van der Waals surface area contributed by atoms with Crippen molar-refractivity contribution in [2.75, 3.05) is 18.4 Å². The first-order chi connectivity index (χ1) is 12.8. The number of alkyl halides is 3. The van der Waals surface area contributed by atoms with Crippen LogP contribution in [0.2, 0.25) is 0 Å². The van der Waals surface area contributed by atoms with E-state index in [1.165, 1.54) is 28.7 Å². The zero-order valence-electron chi connectivity index (χ0n) is 14.5. The van der Waals surface area contributed by atoms with Gasteiger partial charge in [-0.25, -0.2) is 13.4 Å². The van der Waals surface area contributed by atoms with Gasteiger partial charge in [-0.05, 0) is 42.7 Å². The molecule has 0 bridgehead atoms. The van der Waals surface area contributed by atoms with E-state index in [1.807, 2.05) is 0 Å². The number of anilines is 1. The van der Waals surface area contributed by atoms with E-state index in [2.05, 4.69) is 10.3 Å². The normalized spacial score (nSPS) is 16.3. The highest BCUT2D eigenvalue weighted by molar-refractivity contribution is 7.89. The maximum atomic E-state index is 12.7. The number of sulfonamides is 1. The average molecular weight is 399 g/mol. The minimum Gasteiger partial charge on any atom is -0.366 e. The zero-order valence-corrected chi connectivity index (χ0v) is 15.4. The molecule has 0 radical (unpaired) electrons. The van der Waals surface area contributed by atoms with Crippen molar-refractivity contribution in [2.45, 2.75) is 36.9 Å². The summed E-state index contributed by atoms with van der Waals surface area (Å²) in [6, 6.07) is 8.00. The van der Waals surface area contributed by atoms with E-state index in [4.69, 9.17) is 0 Å². The summed E-state index contributed by atoms with van der Waals surface area (Å²) in [5.41, 5.74) is -0.255. The van der Waals surface area contributed by atoms with Crippen LogP contribution in [0.4, 0.5) is 19.0 Å². The van der Waals surface area contributed by atoms with Crippen LogP contribution in [-0.2, 0) is 22.7 Å². The summed E-state index contributed by atoms with van der Waals surface area (Å²) < 4.78 is 64.8. The van der Waals surface area contributed by atoms with E-state index in [9.17, 15) is 21.6 Å². The Kier molecular flexibility index (Phi) is 5.71. The molecule has 0 atom stereocenters. The van der Waals surface area contributed by atoms with Gasteiger partial charge in [0.05, 0.1) is 5.56 Å². The number of nitrogens with zero attached hydrogens (tertiary/aromatic N) is 2. The number of hydrogen-bond donors (Lipinski definition) is 1. The summed E-state index contributed by atoms with van der Waals surface area (Å²) in [5, 5.41) is 2.91. The fourth-order valence-corrected chi connectivity index (χ4v) is 4.40. The predicted octanol–water partition coefficient (Wildman–Crippen LogP) is 3.89. The predicted molar refractivity (Wildman–Crippen MR) is 95.6 cm³/mol. The minimum atomic E-state index is -4.39. The molecule has 1 aromatic heterocycles. The third-order valence-electron chi connectivity index (χ3n) is 4.42. The van der Waals surface area contributed by atoms with Crippen LogP contribution in [0.1, 0.15) is 30.4 Å². The lowest BCUT2D eigenvalue weighted by Crippen LogP contribution is -2.35. The number of pyridine rings is 1. The molecule has 1 saturated heterocycles. The van der Waals surface area contributed by atoms with Crippen molar-refractivity contribution in [1.29, 1.82) is 0 Å². The number of aromatic nitrogens is 1. The second-order valence-corrected chi connectivity index (χ2v) is 8.33. The van der Waals surface area contributed by atoms with Crippen molar-refractivity contribution in [3.05, 3.63) is 53.7 Å². The van der Waals surface area contributed by atoms with Gasteiger partial charge in [0.25, 0.3) is 0 Å². The summed E-state index contributed by atoms with van der Waals surface area (Å²) in [7, 11) is -3.55. The number of nitrogens with one attached hydrogen (secondary N) is 1. The molecule has 9 heteroatoms. The first-order valence-corrected chi connectivity index (χ1v) is 10.1. The van der Waals surface area contributed by atoms with Crippen molar-refractivity contribution in [2.24, 2.45) is 0 Å². The molecule has 27 heavy (non-hydrogen) atoms. The van der Waals surface area contributed by atoms with Gasteiger partial charge in [0.1, 0.15) is 10.7 Å². The van der Waals surface area contributed by atoms with E-state index in [-0.39, 0.29) is 11.4 Å². The molecule has 146 valence electrons. The summed E-state index contributed by atoms with van der Waals surface area (Å²) in [5.74, 6) is 0.394. The van der Waals surface area contributed by atoms with Gasteiger partial charge in [-0.2, -0.15) is 17.5 Å². The average Bonchev–Trinajstić information content (AvgIpc) is 2.67. The molecule has 2 aromatic rings. The highest BCUT2D eigenvalue weighted by Crippen LogP contribution is 2.29. The number of benzene rings is 1. The van der Waals surface area contributed by atoms with Gasteiger partial charge in [0.15, 0.2) is 0 Å². The van der Waals surface area contributed by atoms with E-state index in [1.54, 1.807) is 6.07 Å². The number of rotatable bonds is 5. The standard InChI is InChI=1S/C18H20F3N3O2S/c19-18(20,21)15-6-4-5-14(11-15)12-22-17-8-7-16(13-23-17)27(25,26)24-9-2-1-3-10-24/h4-8,11,13H,1-3,9-10,12H2,(H,22,23). The molecule has 0 spiro atoms. The van der Waals surface area contributed by atoms with E-state index in [0.717, 1.165) is 31.4 Å². The molecule has 0 amide bonds. The van der Waals surface area contributed by atoms with Crippen molar-refractivity contribution in [3.8, 4) is 0 Å². The van der Waals surface area contributed by atoms with Crippen LogP contribution in [0.15, 0.2) is 47.5 Å². The fraction of sp³-hybridized carbons (Fsp3) is 0.389. The van der Waals surface area contributed by atoms with E-state index in [0.29, 0.717) is 24.5 Å². The smallest absolute Gasteiger partial charge is 0.366 e. The third kappa shape index (κ3) is 4.78. The summed E-state index contributed by atoms with van der Waals surface area (Å²) in [6.45, 7) is 1.17. The van der Waals surface area contributed by atoms with Gasteiger partial charge in [-0.1, -0.05) is 18.6 Å². The zero-order chi connectivity index (χ0) is 19.5. The van der Waals surface area contributed by atoms with Gasteiger partial charge >= 0.3 is 6.18 Å². The third-order valence-corrected chi connectivity index (χ3v) is 6.30. The van der Waals surface area contributed by atoms with Gasteiger partial charge < -0.3 is 5.32 Å². The SMILES string of the molecule is O=S(=O)(c1ccc(NCc2cccc(C(F)(F)F)c2)nc1)N1CCCCC1. The van der Waals surface area contributed by atoms with Crippen LogP contribution >= 0.6 is 0 Å². The molecule has 2 heterocycles. The monoisotopic (exact) mass is 399 g/mol. The van der Waals surface area contributed by atoms with E-state index >= 15 is 0 Å². The molecule has 3 rings (SSSR count). The van der Waals surface area contributed by atoms with Crippen LogP contribution in [0, 0.1) is 0 Å². The van der Waals surface area contributed by atoms with Crippen molar-refractivity contribution >= 4 is 15.8 Å². The second-order valence-electron chi connectivity index (χ2n) is 6.40. The molecular formula is C18H20F3N3O2S. The van der Waals surface area contributed by atoms with Crippen LogP contribution < -0.4 is 5.32 Å². The van der Waals surface area contributed by atoms with E-state index < -0.39 is 21.8 Å². The largest absolute Gasteiger partial charge is 0.416 e. The van der Waals surface area contributed by atoms with Crippen LogP contribution in [-0.4, -0.2) is 30.8 Å². The number of halogens is 3. The van der Waals surface area contributed by atoms with Gasteiger partial charge in [0, 0.05) is 25.8 Å². The molecule has 1 N–H and O–H groups in total. The lowest BCUT2D eigenvalue weighted by Gasteiger charge is -2.25. The molecular weight excluding hydrogens is 379 g/mol. The second kappa shape index (κ2) is 7.85. The minimum absolute atomic E-state index is 0.119. The topological polar surface area (TPSA) is 62.3 Å². The lowest BCUT2D eigenvalue weighted by molar-refractivity contribution is -0.137. The Hall–Kier alpha value is -2.13. The highest BCUT2D eigenvalue weighted by atomic mass is 32.2. The van der Waals surface area contributed by atoms with Gasteiger partial charge in [-0.3, -0.25) is 0 Å². The van der Waals surface area contributed by atoms with Crippen LogP contribution in [0.3, 0.4) is 0 Å². The van der Waals surface area contributed by atoms with Crippen molar-refractivity contribution in [3.63, 3.8) is 0 Å². The number of hydrogen-bond acceptors (Lipinski definition) is 4. The van der Waals surface area contributed by atoms with Gasteiger partial charge in [-0.15, -0.1) is 0 Å². The highest BCUT2D eigenvalue weighted by Gasteiger charge is 2.30. The quantitative estimate of drug-likeness (QED) is 0.829. The van der Waals surface area contributed by atoms with Crippen LogP contribution in [0.25, 0.3) is 0 Å². The molecule has 5 nitrogen and oxygen atoms in total. The summed E-state index contributed by atoms with van der Waals surface area (Å²) >= 11 is 0. The molecule has 0 aliphatic carbocycles. The lowest BCUT2D eigenvalue weighted by atomic mass is 10.1. The Morgan fingerprint density at radius 3 is 2.44 bits per heavy atom. The molecule has 0 saturated carbocycles. The Morgan fingerprint density at radius 2 is 1.81 bits per heavy atom. The maximum Gasteiger partial charge on any atom is 0.416 e. The van der Waals surface area contributed by atoms with Crippen LogP contribution in [0.5, 0.6) is 0 Å². The number of piperidine rings is 1. The molecule has 1 fully saturated rings.